The van der Waals surface area contributed by atoms with Gasteiger partial charge in [-0.3, -0.25) is 19.4 Å². The minimum atomic E-state index is -0.923. The van der Waals surface area contributed by atoms with E-state index in [0.29, 0.717) is 19.6 Å². The maximum absolute atomic E-state index is 12.6. The molecule has 7 nitrogen and oxygen atoms in total. The number of benzene rings is 1. The normalized spacial score (nSPS) is 22.8. The van der Waals surface area contributed by atoms with E-state index in [1.807, 2.05) is 29.2 Å². The van der Waals surface area contributed by atoms with E-state index in [9.17, 15) is 14.7 Å². The fourth-order valence-electron chi connectivity index (χ4n) is 3.61. The van der Waals surface area contributed by atoms with Crippen LogP contribution in [0.2, 0.25) is 0 Å². The first-order valence-corrected chi connectivity index (χ1v) is 8.16. The fraction of sp³-hybridized carbons (Fsp3) is 0.529. The van der Waals surface area contributed by atoms with Gasteiger partial charge in [-0.1, -0.05) is 18.2 Å². The van der Waals surface area contributed by atoms with Crippen LogP contribution in [0.15, 0.2) is 24.3 Å². The van der Waals surface area contributed by atoms with Crippen LogP contribution in [0.5, 0.6) is 0 Å². The van der Waals surface area contributed by atoms with Gasteiger partial charge in [0, 0.05) is 31.4 Å². The third-order valence-electron chi connectivity index (χ3n) is 4.83. The molecule has 1 unspecified atom stereocenters. The van der Waals surface area contributed by atoms with Gasteiger partial charge in [0.2, 0.25) is 5.91 Å². The van der Waals surface area contributed by atoms with E-state index in [1.165, 1.54) is 5.56 Å². The monoisotopic (exact) mass is 369 g/mol. The van der Waals surface area contributed by atoms with Gasteiger partial charge in [0.15, 0.2) is 0 Å². The first-order chi connectivity index (χ1) is 11.5. The molecule has 2 N–H and O–H groups in total. The average molecular weight is 370 g/mol. The summed E-state index contributed by atoms with van der Waals surface area (Å²) in [5.74, 6) is -0.901. The largest absolute Gasteiger partial charge is 0.480 e. The van der Waals surface area contributed by atoms with E-state index in [2.05, 4.69) is 0 Å². The number of carbonyl (C=O) groups excluding carboxylic acids is 1. The van der Waals surface area contributed by atoms with Gasteiger partial charge >= 0.3 is 5.97 Å². The molecule has 0 saturated carbocycles. The topological polar surface area (TPSA) is 84.3 Å². The molecular formula is C17H24ClN3O4. The van der Waals surface area contributed by atoms with Crippen molar-refractivity contribution in [3.05, 3.63) is 29.8 Å². The number of hydrogen-bond donors (Lipinski definition) is 2. The summed E-state index contributed by atoms with van der Waals surface area (Å²) < 4.78 is 0. The highest BCUT2D eigenvalue weighted by molar-refractivity contribution is 5.96. The lowest BCUT2D eigenvalue weighted by molar-refractivity contribution is -0.138. The van der Waals surface area contributed by atoms with Crippen LogP contribution in [0, 0.1) is 0 Å². The lowest BCUT2D eigenvalue weighted by Gasteiger charge is -2.25. The number of carbonyl (C=O) groups is 2. The number of carboxylic acid groups (broad SMARTS) is 1. The Bertz CT molecular complexity index is 642. The van der Waals surface area contributed by atoms with Gasteiger partial charge in [0.25, 0.3) is 0 Å². The van der Waals surface area contributed by atoms with Crippen LogP contribution < -0.4 is 4.90 Å². The number of aliphatic hydroxyl groups excluding tert-OH is 1. The molecule has 1 saturated heterocycles. The number of likely N-dealkylation sites (tertiary alicyclic amines) is 1. The highest BCUT2D eigenvalue weighted by Crippen LogP contribution is 2.27. The zero-order valence-corrected chi connectivity index (χ0v) is 15.0. The first-order valence-electron chi connectivity index (χ1n) is 8.16. The van der Waals surface area contributed by atoms with Gasteiger partial charge < -0.3 is 15.1 Å². The van der Waals surface area contributed by atoms with Gasteiger partial charge in [-0.15, -0.1) is 12.4 Å². The molecule has 1 fully saturated rings. The molecule has 0 bridgehead atoms. The first kappa shape index (κ1) is 19.7. The Morgan fingerprint density at radius 2 is 2.00 bits per heavy atom. The summed E-state index contributed by atoms with van der Waals surface area (Å²) in [6, 6.07) is 7.65. The molecule has 1 aromatic rings. The summed E-state index contributed by atoms with van der Waals surface area (Å²) in [7, 11) is 1.68. The van der Waals surface area contributed by atoms with Crippen molar-refractivity contribution in [1.29, 1.82) is 0 Å². The third kappa shape index (κ3) is 4.30. The summed E-state index contributed by atoms with van der Waals surface area (Å²) in [5.41, 5.74) is 2.16. The van der Waals surface area contributed by atoms with E-state index >= 15 is 0 Å². The summed E-state index contributed by atoms with van der Waals surface area (Å²) in [6.45, 7) is 1.69. The van der Waals surface area contributed by atoms with Crippen molar-refractivity contribution in [1.82, 2.24) is 9.80 Å². The Kier molecular flexibility index (Phi) is 6.40. The van der Waals surface area contributed by atoms with Crippen molar-refractivity contribution in [2.45, 2.75) is 18.6 Å². The number of amides is 1. The van der Waals surface area contributed by atoms with E-state index in [4.69, 9.17) is 5.11 Å². The molecule has 8 heteroatoms. The van der Waals surface area contributed by atoms with Crippen LogP contribution in [0.25, 0.3) is 0 Å². The van der Waals surface area contributed by atoms with Crippen LogP contribution in [-0.2, 0) is 16.0 Å². The third-order valence-corrected chi connectivity index (χ3v) is 4.83. The number of aliphatic carboxylic acids is 1. The number of carboxylic acids is 1. The summed E-state index contributed by atoms with van der Waals surface area (Å²) in [4.78, 5) is 28.8. The maximum atomic E-state index is 12.6. The Morgan fingerprint density at radius 1 is 1.28 bits per heavy atom. The van der Waals surface area contributed by atoms with E-state index in [1.54, 1.807) is 16.8 Å². The minimum absolute atomic E-state index is 0. The molecule has 0 spiro atoms. The van der Waals surface area contributed by atoms with Gasteiger partial charge in [-0.25, -0.2) is 0 Å². The lowest BCUT2D eigenvalue weighted by atomic mass is 10.2. The molecule has 1 amide bonds. The molecule has 0 aliphatic carbocycles. The molecular weight excluding hydrogens is 346 g/mol. The number of hydrogen-bond acceptors (Lipinski definition) is 5. The molecule has 2 aliphatic rings. The summed E-state index contributed by atoms with van der Waals surface area (Å²) in [6.07, 6.45) is 0.224. The predicted molar refractivity (Wildman–Crippen MR) is 96.2 cm³/mol. The van der Waals surface area contributed by atoms with Crippen LogP contribution in [0.3, 0.4) is 0 Å². The van der Waals surface area contributed by atoms with E-state index < -0.39 is 12.1 Å². The number of fused-ring (bicyclic) bond motifs is 1. The Balaban J connectivity index is 0.00000225. The second-order valence-electron chi connectivity index (χ2n) is 6.56. The second kappa shape index (κ2) is 8.14. The fourth-order valence-corrected chi connectivity index (χ4v) is 3.61. The number of likely N-dealkylation sites (N-methyl/N-ethyl adjacent to an activating group) is 1. The molecule has 25 heavy (non-hydrogen) atoms. The number of halogens is 1. The minimum Gasteiger partial charge on any atom is -0.480 e. The van der Waals surface area contributed by atoms with Crippen molar-refractivity contribution in [3.8, 4) is 0 Å². The lowest BCUT2D eigenvalue weighted by Crippen LogP contribution is -2.43. The Morgan fingerprint density at radius 3 is 2.72 bits per heavy atom. The molecule has 3 rings (SSSR count). The molecule has 0 aromatic heterocycles. The molecule has 2 aliphatic heterocycles. The second-order valence-corrected chi connectivity index (χ2v) is 6.56. The number of β-amino-alcohol motifs (C(OH)–C–C–N with tert-alkyl or cyclic N) is 1. The number of aliphatic hydroxyl groups is 1. The molecule has 138 valence electrons. The number of rotatable bonds is 5. The highest BCUT2D eigenvalue weighted by Gasteiger charge is 2.36. The van der Waals surface area contributed by atoms with E-state index in [-0.39, 0.29) is 37.4 Å². The zero-order chi connectivity index (χ0) is 17.3. The van der Waals surface area contributed by atoms with Crippen molar-refractivity contribution in [3.63, 3.8) is 0 Å². The quantitative estimate of drug-likeness (QED) is 0.763. The van der Waals surface area contributed by atoms with E-state index in [0.717, 1.165) is 12.1 Å². The van der Waals surface area contributed by atoms with Crippen LogP contribution >= 0.6 is 12.4 Å². The van der Waals surface area contributed by atoms with Gasteiger partial charge in [-0.05, 0) is 25.1 Å². The number of para-hydroxylation sites is 1. The number of anilines is 1. The van der Waals surface area contributed by atoms with Crippen LogP contribution in [0.1, 0.15) is 5.56 Å². The molecule has 1 aromatic carbocycles. The summed E-state index contributed by atoms with van der Waals surface area (Å²) >= 11 is 0. The van der Waals surface area contributed by atoms with Crippen LogP contribution in [0.4, 0.5) is 5.69 Å². The Labute approximate surface area is 153 Å². The predicted octanol–water partition coefficient (Wildman–Crippen LogP) is 0.0590. The van der Waals surface area contributed by atoms with Gasteiger partial charge in [0.1, 0.15) is 0 Å². The number of nitrogens with zero attached hydrogens (tertiary/aromatic N) is 3. The highest BCUT2D eigenvalue weighted by atomic mass is 35.5. The standard InChI is InChI=1S/C17H23N3O4.ClH/c1-18(11-17(23)24)14-8-19(9-15(14)21)10-16(22)20-7-6-12-4-2-3-5-13(12)20;/h2-5,14-15,21H,6-11H2,1H3,(H,23,24);1H/t14?,15-;/m1./s1. The maximum Gasteiger partial charge on any atom is 0.317 e. The zero-order valence-electron chi connectivity index (χ0n) is 14.2. The Hall–Kier alpha value is -1.67. The van der Waals surface area contributed by atoms with Crippen molar-refractivity contribution >= 4 is 30.0 Å². The molecule has 2 heterocycles. The van der Waals surface area contributed by atoms with Gasteiger partial charge in [0.05, 0.1) is 19.2 Å². The molecule has 0 radical (unpaired) electrons. The van der Waals surface area contributed by atoms with Gasteiger partial charge in [-0.2, -0.15) is 0 Å². The van der Waals surface area contributed by atoms with Crippen molar-refractivity contribution in [2.75, 3.05) is 44.7 Å². The average Bonchev–Trinajstić information content (AvgIpc) is 3.10. The van der Waals surface area contributed by atoms with Crippen molar-refractivity contribution < 1.29 is 19.8 Å². The van der Waals surface area contributed by atoms with Crippen molar-refractivity contribution in [2.24, 2.45) is 0 Å². The molecule has 2 atom stereocenters. The SMILES string of the molecule is CN(CC(=O)O)C1CN(CC(=O)N2CCc3ccccc32)C[C@H]1O.Cl. The smallest absolute Gasteiger partial charge is 0.317 e. The van der Waals surface area contributed by atoms with Crippen LogP contribution in [-0.4, -0.2) is 83.8 Å². The summed E-state index contributed by atoms with van der Waals surface area (Å²) in [5, 5.41) is 19.1.